The quantitative estimate of drug-likeness (QED) is 0.198. The number of para-hydroxylation sites is 2. The second-order valence-electron chi connectivity index (χ2n) is 12.9. The first-order valence-corrected chi connectivity index (χ1v) is 15.5. The van der Waals surface area contributed by atoms with Gasteiger partial charge in [0.1, 0.15) is 0 Å². The molecule has 1 heterocycles. The van der Waals surface area contributed by atoms with Gasteiger partial charge >= 0.3 is 0 Å². The van der Waals surface area contributed by atoms with Gasteiger partial charge < -0.3 is 4.57 Å². The molecule has 0 saturated heterocycles. The molecule has 8 aromatic rings. The number of nitrogens with zero attached hydrogens (tertiary/aromatic N) is 1. The lowest BCUT2D eigenvalue weighted by atomic mass is 9.82. The van der Waals surface area contributed by atoms with E-state index in [0.29, 0.717) is 0 Å². The highest BCUT2D eigenvalue weighted by Crippen LogP contribution is 2.54. The van der Waals surface area contributed by atoms with Crippen molar-refractivity contribution < 1.29 is 0 Å². The van der Waals surface area contributed by atoms with Crippen LogP contribution in [0, 0.1) is 0 Å². The van der Waals surface area contributed by atoms with E-state index < -0.39 is 0 Å². The third kappa shape index (κ3) is 2.89. The molecule has 0 amide bonds. The van der Waals surface area contributed by atoms with E-state index in [1.165, 1.54) is 93.9 Å². The Morgan fingerprint density at radius 2 is 1.00 bits per heavy atom. The maximum Gasteiger partial charge on any atom is 0.0547 e. The Morgan fingerprint density at radius 1 is 0.386 bits per heavy atom. The van der Waals surface area contributed by atoms with Crippen LogP contribution < -0.4 is 0 Å². The number of hydrogen-bond acceptors (Lipinski definition) is 0. The largest absolute Gasteiger partial charge is 0.309 e. The monoisotopic (exact) mass is 559 g/mol. The van der Waals surface area contributed by atoms with Crippen LogP contribution in [0.5, 0.6) is 0 Å². The third-order valence-corrected chi connectivity index (χ3v) is 10.4. The van der Waals surface area contributed by atoms with E-state index >= 15 is 0 Å². The van der Waals surface area contributed by atoms with Gasteiger partial charge in [-0.15, -0.1) is 0 Å². The fraction of sp³-hybridized carbons (Fsp3) is 0.0698. The molecule has 2 aliphatic rings. The summed E-state index contributed by atoms with van der Waals surface area (Å²) < 4.78 is 2.51. The summed E-state index contributed by atoms with van der Waals surface area (Å²) in [4.78, 5) is 0. The van der Waals surface area contributed by atoms with Gasteiger partial charge in [0.05, 0.1) is 16.7 Å². The molecular formula is C43H29N. The number of hydrogen-bond donors (Lipinski definition) is 0. The number of benzene rings is 7. The normalized spacial score (nSPS) is 13.9. The summed E-state index contributed by atoms with van der Waals surface area (Å²) in [5, 5.41) is 5.32. The van der Waals surface area contributed by atoms with Crippen molar-refractivity contribution in [3.05, 3.63) is 151 Å². The molecule has 0 N–H and O–H groups in total. The van der Waals surface area contributed by atoms with Crippen LogP contribution in [0.2, 0.25) is 0 Å². The SMILES string of the molecule is CC1(C)c2ccccc2-c2c1ccc1c2c2ccccc2n1-c1ccccc1-c1ccc2c3c(cccc13)-c1ccccc1-2. The minimum absolute atomic E-state index is 0.0383. The van der Waals surface area contributed by atoms with Gasteiger partial charge in [-0.1, -0.05) is 135 Å². The molecule has 44 heavy (non-hydrogen) atoms. The molecule has 1 nitrogen and oxygen atoms in total. The van der Waals surface area contributed by atoms with E-state index in [4.69, 9.17) is 0 Å². The van der Waals surface area contributed by atoms with Crippen molar-refractivity contribution in [1.82, 2.24) is 4.57 Å². The van der Waals surface area contributed by atoms with Gasteiger partial charge in [-0.25, -0.2) is 0 Å². The second-order valence-corrected chi connectivity index (χ2v) is 12.9. The lowest BCUT2D eigenvalue weighted by Crippen LogP contribution is -2.14. The molecule has 0 bridgehead atoms. The molecule has 0 fully saturated rings. The van der Waals surface area contributed by atoms with Crippen molar-refractivity contribution >= 4 is 32.6 Å². The molecule has 0 saturated carbocycles. The average Bonchev–Trinajstić information content (AvgIpc) is 3.66. The number of fused-ring (bicyclic) bond motifs is 10. The molecule has 2 aliphatic carbocycles. The van der Waals surface area contributed by atoms with E-state index in [9.17, 15) is 0 Å². The first-order valence-electron chi connectivity index (χ1n) is 15.5. The van der Waals surface area contributed by atoms with Gasteiger partial charge in [0.15, 0.2) is 0 Å². The summed E-state index contributed by atoms with van der Waals surface area (Å²) >= 11 is 0. The molecule has 1 heteroatoms. The third-order valence-electron chi connectivity index (χ3n) is 10.4. The first kappa shape index (κ1) is 24.1. The Bertz CT molecular complexity index is 2490. The number of rotatable bonds is 2. The van der Waals surface area contributed by atoms with Gasteiger partial charge in [0.2, 0.25) is 0 Å². The van der Waals surface area contributed by atoms with Crippen LogP contribution in [0.3, 0.4) is 0 Å². The lowest BCUT2D eigenvalue weighted by molar-refractivity contribution is 0.661. The van der Waals surface area contributed by atoms with E-state index in [1.54, 1.807) is 0 Å². The van der Waals surface area contributed by atoms with Crippen LogP contribution in [0.1, 0.15) is 25.0 Å². The summed E-state index contributed by atoms with van der Waals surface area (Å²) in [7, 11) is 0. The summed E-state index contributed by atoms with van der Waals surface area (Å²) in [6.07, 6.45) is 0. The number of aromatic nitrogens is 1. The van der Waals surface area contributed by atoms with Crippen molar-refractivity contribution in [2.24, 2.45) is 0 Å². The van der Waals surface area contributed by atoms with Crippen molar-refractivity contribution in [1.29, 1.82) is 0 Å². The van der Waals surface area contributed by atoms with Gasteiger partial charge in [0, 0.05) is 21.8 Å². The van der Waals surface area contributed by atoms with Gasteiger partial charge in [-0.05, 0) is 79.0 Å². The summed E-state index contributed by atoms with van der Waals surface area (Å²) in [5.74, 6) is 0. The van der Waals surface area contributed by atoms with Crippen LogP contribution >= 0.6 is 0 Å². The first-order chi connectivity index (χ1) is 21.6. The Hall–Kier alpha value is -5.40. The summed E-state index contributed by atoms with van der Waals surface area (Å²) in [6, 6.07) is 51.9. The van der Waals surface area contributed by atoms with E-state index in [0.717, 1.165) is 0 Å². The molecule has 206 valence electrons. The van der Waals surface area contributed by atoms with Crippen molar-refractivity contribution in [2.45, 2.75) is 19.3 Å². The lowest BCUT2D eigenvalue weighted by Gasteiger charge is -2.21. The fourth-order valence-electron chi connectivity index (χ4n) is 8.45. The highest BCUT2D eigenvalue weighted by molar-refractivity contribution is 6.20. The van der Waals surface area contributed by atoms with E-state index in [1.807, 2.05) is 0 Å². The van der Waals surface area contributed by atoms with Crippen LogP contribution in [-0.2, 0) is 5.41 Å². The molecule has 1 aromatic heterocycles. The van der Waals surface area contributed by atoms with Gasteiger partial charge in [0.25, 0.3) is 0 Å². The molecule has 10 rings (SSSR count). The Morgan fingerprint density at radius 3 is 1.84 bits per heavy atom. The zero-order chi connectivity index (χ0) is 29.2. The van der Waals surface area contributed by atoms with Gasteiger partial charge in [-0.3, -0.25) is 0 Å². The molecule has 7 aromatic carbocycles. The van der Waals surface area contributed by atoms with Gasteiger partial charge in [-0.2, -0.15) is 0 Å². The molecule has 0 aliphatic heterocycles. The Labute approximate surface area is 256 Å². The average molecular weight is 560 g/mol. The van der Waals surface area contributed by atoms with Crippen LogP contribution in [0.25, 0.3) is 82.8 Å². The zero-order valence-corrected chi connectivity index (χ0v) is 24.7. The minimum Gasteiger partial charge on any atom is -0.309 e. The highest BCUT2D eigenvalue weighted by Gasteiger charge is 2.37. The van der Waals surface area contributed by atoms with Crippen molar-refractivity contribution in [3.63, 3.8) is 0 Å². The summed E-state index contributed by atoms with van der Waals surface area (Å²) in [5.41, 5.74) is 17.1. The predicted molar refractivity (Wildman–Crippen MR) is 186 cm³/mol. The maximum atomic E-state index is 2.51. The fourth-order valence-corrected chi connectivity index (χ4v) is 8.45. The molecule has 0 radical (unpaired) electrons. The molecule has 0 unspecified atom stereocenters. The van der Waals surface area contributed by atoms with E-state index in [-0.39, 0.29) is 5.41 Å². The topological polar surface area (TPSA) is 4.93 Å². The maximum absolute atomic E-state index is 2.51. The zero-order valence-electron chi connectivity index (χ0n) is 24.7. The van der Waals surface area contributed by atoms with Crippen LogP contribution in [0.15, 0.2) is 140 Å². The highest BCUT2D eigenvalue weighted by atomic mass is 15.0. The van der Waals surface area contributed by atoms with Crippen LogP contribution in [0.4, 0.5) is 0 Å². The van der Waals surface area contributed by atoms with Crippen molar-refractivity contribution in [3.8, 4) is 50.2 Å². The Balaban J connectivity index is 1.30. The van der Waals surface area contributed by atoms with Crippen LogP contribution in [-0.4, -0.2) is 4.57 Å². The predicted octanol–water partition coefficient (Wildman–Crippen LogP) is 11.6. The smallest absolute Gasteiger partial charge is 0.0547 e. The summed E-state index contributed by atoms with van der Waals surface area (Å²) in [6.45, 7) is 4.73. The molecule has 0 spiro atoms. The second kappa shape index (κ2) is 8.36. The van der Waals surface area contributed by atoms with Crippen molar-refractivity contribution in [2.75, 3.05) is 0 Å². The molecule has 0 atom stereocenters. The Kier molecular flexibility index (Phi) is 4.58. The standard InChI is InChI=1S/C43H29N/c1-43(2)35-19-8-5-15-33(35)41-36(43)24-25-39-42(41)34-16-7-10-21-38(34)44(39)37-20-9-6-14-29(37)28-22-23-32-27-13-4-3-12-26(27)30-17-11-18-31(28)40(30)32/h3-25H,1-2H3. The minimum atomic E-state index is -0.0383. The van der Waals surface area contributed by atoms with E-state index in [2.05, 4.69) is 158 Å². The molecular weight excluding hydrogens is 530 g/mol.